The number of aryl methyl sites for hydroxylation is 1. The zero-order valence-electron chi connectivity index (χ0n) is 16.9. The molecule has 1 saturated carbocycles. The molecule has 0 atom stereocenters. The second kappa shape index (κ2) is 7.71. The highest BCUT2D eigenvalue weighted by Gasteiger charge is 2.24. The smallest absolute Gasteiger partial charge is 0.153 e. The Balaban J connectivity index is 1.40. The van der Waals surface area contributed by atoms with Gasteiger partial charge in [-0.2, -0.15) is 10.2 Å². The predicted octanol–water partition coefficient (Wildman–Crippen LogP) is 2.65. The van der Waals surface area contributed by atoms with Crippen LogP contribution in [0.25, 0.3) is 16.7 Å². The highest BCUT2D eigenvalue weighted by molar-refractivity contribution is 8.00. The van der Waals surface area contributed by atoms with Gasteiger partial charge in [-0.15, -0.1) is 0 Å². The summed E-state index contributed by atoms with van der Waals surface area (Å²) in [6.07, 6.45) is 9.78. The van der Waals surface area contributed by atoms with E-state index in [4.69, 9.17) is 28.3 Å². The minimum absolute atomic E-state index is 0.419. The van der Waals surface area contributed by atoms with Gasteiger partial charge in [-0.1, -0.05) is 0 Å². The van der Waals surface area contributed by atoms with Crippen LogP contribution in [0.2, 0.25) is 0 Å². The number of benzene rings is 1. The normalized spacial score (nSPS) is 14.1. The average Bonchev–Trinajstić information content (AvgIpc) is 3.37. The van der Waals surface area contributed by atoms with E-state index in [2.05, 4.69) is 32.0 Å². The molecular weight excluding hydrogens is 405 g/mol. The Morgan fingerprint density at radius 2 is 2.00 bits per heavy atom. The lowest BCUT2D eigenvalue weighted by molar-refractivity contribution is 0.320. The molecule has 3 heterocycles. The molecule has 1 aromatic carbocycles. The lowest BCUT2D eigenvalue weighted by Crippen LogP contribution is -2.37. The van der Waals surface area contributed by atoms with Crippen LogP contribution in [-0.2, 0) is 7.05 Å². The zero-order valence-corrected chi connectivity index (χ0v) is 17.7. The quantitative estimate of drug-likeness (QED) is 0.365. The first-order valence-corrected chi connectivity index (χ1v) is 10.6. The third kappa shape index (κ3) is 4.32. The van der Waals surface area contributed by atoms with Crippen LogP contribution in [0, 0.1) is 0 Å². The number of ether oxygens (including phenoxy) is 1. The molecule has 1 aliphatic rings. The van der Waals surface area contributed by atoms with E-state index in [9.17, 15) is 0 Å². The number of hydrogen-bond acceptors (Lipinski definition) is 6. The van der Waals surface area contributed by atoms with Crippen molar-refractivity contribution in [2.24, 2.45) is 7.05 Å². The lowest BCUT2D eigenvalue weighted by Gasteiger charge is -2.25. The van der Waals surface area contributed by atoms with E-state index in [1.807, 2.05) is 25.5 Å². The highest BCUT2D eigenvalue weighted by Crippen LogP contribution is 2.40. The first-order chi connectivity index (χ1) is 14.9. The maximum Gasteiger partial charge on any atom is 0.153 e. The van der Waals surface area contributed by atoms with Crippen LogP contribution in [0.1, 0.15) is 24.3 Å². The van der Waals surface area contributed by atoms with Gasteiger partial charge in [-0.05, 0) is 65.8 Å². The Kier molecular flexibility index (Phi) is 5.00. The molecule has 0 spiro atoms. The van der Waals surface area contributed by atoms with E-state index >= 15 is 0 Å². The second-order valence-electron chi connectivity index (χ2n) is 7.65. The summed E-state index contributed by atoms with van der Waals surface area (Å²) in [6.45, 7) is 0. The summed E-state index contributed by atoms with van der Waals surface area (Å²) in [5.41, 5.74) is 2.81. The van der Waals surface area contributed by atoms with Crippen molar-refractivity contribution in [1.82, 2.24) is 24.5 Å². The number of pyridine rings is 1. The molecule has 0 amide bonds. The Bertz CT molecular complexity index is 1250. The fourth-order valence-electron chi connectivity index (χ4n) is 3.45. The van der Waals surface area contributed by atoms with Crippen molar-refractivity contribution in [3.8, 4) is 11.6 Å². The third-order valence-corrected chi connectivity index (χ3v) is 5.79. The van der Waals surface area contributed by atoms with Gasteiger partial charge in [0.15, 0.2) is 5.82 Å². The van der Waals surface area contributed by atoms with Gasteiger partial charge in [-0.3, -0.25) is 4.68 Å². The van der Waals surface area contributed by atoms with Crippen LogP contribution in [-0.4, -0.2) is 53.4 Å². The predicted molar refractivity (Wildman–Crippen MR) is 124 cm³/mol. The Morgan fingerprint density at radius 1 is 1.16 bits per heavy atom. The van der Waals surface area contributed by atoms with Crippen molar-refractivity contribution in [1.29, 1.82) is 0 Å². The Hall–Kier alpha value is -2.81. The standard InChI is InChI=1S/C20H17B3N6OS/c1-28-19-14(9-25-28)4-5-16(30-20(21,22)23)18(19)27-31-15-10-26-29(11-15)17-8-13(6-7-24-17)12-2-3-12/h4-12,27H,2-3H2,1H3. The molecule has 6 radical (unpaired) electrons. The van der Waals surface area contributed by atoms with Gasteiger partial charge in [-0.25, -0.2) is 9.67 Å². The third-order valence-electron chi connectivity index (χ3n) is 5.03. The van der Waals surface area contributed by atoms with Crippen molar-refractivity contribution in [3.05, 3.63) is 54.6 Å². The van der Waals surface area contributed by atoms with Crippen LogP contribution in [0.15, 0.2) is 53.9 Å². The van der Waals surface area contributed by atoms with E-state index in [0.29, 0.717) is 17.4 Å². The zero-order chi connectivity index (χ0) is 21.6. The summed E-state index contributed by atoms with van der Waals surface area (Å²) in [5.74, 6) is 1.88. The van der Waals surface area contributed by atoms with Gasteiger partial charge in [0.05, 0.1) is 22.8 Å². The monoisotopic (exact) mass is 422 g/mol. The second-order valence-corrected chi connectivity index (χ2v) is 8.53. The van der Waals surface area contributed by atoms with Crippen molar-refractivity contribution in [3.63, 3.8) is 0 Å². The van der Waals surface area contributed by atoms with E-state index in [-0.39, 0.29) is 0 Å². The van der Waals surface area contributed by atoms with Crippen LogP contribution in [0.3, 0.4) is 0 Å². The lowest BCUT2D eigenvalue weighted by atomic mass is 9.52. The van der Waals surface area contributed by atoms with Crippen LogP contribution in [0.4, 0.5) is 5.69 Å². The minimum atomic E-state index is -1.81. The summed E-state index contributed by atoms with van der Waals surface area (Å²) in [5, 5.41) is 7.90. The molecule has 0 unspecified atom stereocenters. The number of nitrogens with one attached hydrogen (secondary N) is 1. The van der Waals surface area contributed by atoms with Gasteiger partial charge in [0, 0.05) is 24.8 Å². The highest BCUT2D eigenvalue weighted by atomic mass is 32.2. The summed E-state index contributed by atoms with van der Waals surface area (Å²) in [7, 11) is 18.8. The molecule has 1 N–H and O–H groups in total. The molecule has 0 bridgehead atoms. The van der Waals surface area contributed by atoms with Crippen LogP contribution >= 0.6 is 11.9 Å². The average molecular weight is 422 g/mol. The van der Waals surface area contributed by atoms with Gasteiger partial charge in [0.2, 0.25) is 0 Å². The topological polar surface area (TPSA) is 69.8 Å². The van der Waals surface area contributed by atoms with Gasteiger partial charge in [0.25, 0.3) is 0 Å². The number of fused-ring (bicyclic) bond motifs is 1. The molecule has 11 heteroatoms. The molecule has 3 aromatic heterocycles. The molecule has 1 fully saturated rings. The Labute approximate surface area is 188 Å². The first-order valence-electron chi connectivity index (χ1n) is 9.81. The van der Waals surface area contributed by atoms with E-state index < -0.39 is 5.30 Å². The minimum Gasteiger partial charge on any atom is -0.514 e. The summed E-state index contributed by atoms with van der Waals surface area (Å²) in [4.78, 5) is 5.34. The number of nitrogens with zero attached hydrogens (tertiary/aromatic N) is 5. The van der Waals surface area contributed by atoms with Gasteiger partial charge >= 0.3 is 0 Å². The first kappa shape index (κ1) is 20.1. The number of hydrogen-bond donors (Lipinski definition) is 1. The van der Waals surface area contributed by atoms with Gasteiger partial charge in [0.1, 0.15) is 35.0 Å². The SMILES string of the molecule is [B]C([B])([B])Oc1ccc2cnn(C)c2c1NSc1cnn(-c2cc(C3CC3)ccn2)c1. The van der Waals surface area contributed by atoms with Crippen molar-refractivity contribution >= 4 is 52.1 Å². The number of rotatable bonds is 7. The summed E-state index contributed by atoms with van der Waals surface area (Å²) < 4.78 is 12.4. The molecule has 5 rings (SSSR count). The van der Waals surface area contributed by atoms with Crippen LogP contribution < -0.4 is 9.46 Å². The maximum absolute atomic E-state index is 5.66. The largest absolute Gasteiger partial charge is 0.514 e. The van der Waals surface area contributed by atoms with Crippen molar-refractivity contribution in [2.45, 2.75) is 29.0 Å². The van der Waals surface area contributed by atoms with Crippen LogP contribution in [0.5, 0.6) is 5.75 Å². The van der Waals surface area contributed by atoms with Crippen molar-refractivity contribution < 1.29 is 4.74 Å². The molecule has 148 valence electrons. The molecular formula is C20H17B3N6OS. The number of anilines is 1. The summed E-state index contributed by atoms with van der Waals surface area (Å²) >= 11 is 1.37. The van der Waals surface area contributed by atoms with E-state index in [1.54, 1.807) is 27.8 Å². The van der Waals surface area contributed by atoms with E-state index in [1.165, 1.54) is 30.4 Å². The summed E-state index contributed by atoms with van der Waals surface area (Å²) in [6, 6.07) is 7.79. The molecule has 7 nitrogen and oxygen atoms in total. The molecule has 4 aromatic rings. The van der Waals surface area contributed by atoms with E-state index in [0.717, 1.165) is 21.6 Å². The molecule has 0 aliphatic heterocycles. The van der Waals surface area contributed by atoms with Crippen molar-refractivity contribution in [2.75, 3.05) is 4.72 Å². The molecule has 0 saturated heterocycles. The fourth-order valence-corrected chi connectivity index (χ4v) is 4.12. The fraction of sp³-hybridized carbons (Fsp3) is 0.250. The molecule has 31 heavy (non-hydrogen) atoms. The Morgan fingerprint density at radius 3 is 2.77 bits per heavy atom. The molecule has 1 aliphatic carbocycles. The number of aromatic nitrogens is 5. The maximum atomic E-state index is 5.66. The van der Waals surface area contributed by atoms with Gasteiger partial charge < -0.3 is 9.46 Å².